The lowest BCUT2D eigenvalue weighted by atomic mass is 9.78. The number of aromatic nitrogens is 1. The number of halogens is 2. The van der Waals surface area contributed by atoms with Crippen molar-refractivity contribution in [2.24, 2.45) is 5.41 Å². The molecule has 148 valence electrons. The van der Waals surface area contributed by atoms with E-state index < -0.39 is 5.41 Å². The summed E-state index contributed by atoms with van der Waals surface area (Å²) < 4.78 is 5.32. The third kappa shape index (κ3) is 5.46. The fourth-order valence-electron chi connectivity index (χ4n) is 3.64. The topological polar surface area (TPSA) is 66.5 Å². The molecule has 2 aliphatic rings. The van der Waals surface area contributed by atoms with E-state index in [0.717, 1.165) is 50.4 Å². The normalized spacial score (nSPS) is 18.6. The Hall–Kier alpha value is -1.08. The molecule has 2 saturated heterocycles. The molecule has 3 rings (SSSR count). The minimum Gasteiger partial charge on any atom is -0.384 e. The van der Waals surface area contributed by atoms with Crippen LogP contribution in [0.2, 0.25) is 0 Å². The Bertz CT molecular complexity index is 539. The van der Waals surface area contributed by atoms with Crippen LogP contribution in [0.1, 0.15) is 31.2 Å². The summed E-state index contributed by atoms with van der Waals surface area (Å²) >= 11 is 0. The molecule has 0 spiro atoms. The molecular weight excluding hydrogens is 375 g/mol. The first-order valence-electron chi connectivity index (χ1n) is 8.91. The van der Waals surface area contributed by atoms with Crippen molar-refractivity contribution >= 4 is 36.5 Å². The van der Waals surface area contributed by atoms with Crippen molar-refractivity contribution in [1.29, 1.82) is 0 Å². The van der Waals surface area contributed by atoms with Gasteiger partial charge < -0.3 is 20.3 Å². The number of anilines is 1. The van der Waals surface area contributed by atoms with E-state index in [-0.39, 0.29) is 30.7 Å². The molecule has 3 heterocycles. The lowest BCUT2D eigenvalue weighted by Gasteiger charge is -2.35. The molecule has 0 bridgehead atoms. The molecule has 8 heteroatoms. The molecule has 0 saturated carbocycles. The first kappa shape index (κ1) is 23.0. The van der Waals surface area contributed by atoms with Crippen molar-refractivity contribution < 1.29 is 9.53 Å². The molecule has 2 fully saturated rings. The van der Waals surface area contributed by atoms with Crippen LogP contribution in [-0.2, 0) is 16.1 Å². The van der Waals surface area contributed by atoms with Crippen LogP contribution < -0.4 is 15.5 Å². The van der Waals surface area contributed by atoms with Gasteiger partial charge in [-0.15, -0.1) is 24.8 Å². The minimum absolute atomic E-state index is 0. The van der Waals surface area contributed by atoms with Crippen molar-refractivity contribution in [1.82, 2.24) is 15.6 Å². The first-order chi connectivity index (χ1) is 11.7. The molecule has 1 aromatic rings. The van der Waals surface area contributed by atoms with E-state index in [1.807, 2.05) is 6.20 Å². The molecular formula is C18H30Cl2N4O2. The van der Waals surface area contributed by atoms with Gasteiger partial charge in [0, 0.05) is 32.9 Å². The van der Waals surface area contributed by atoms with Gasteiger partial charge in [-0.05, 0) is 50.4 Å². The lowest BCUT2D eigenvalue weighted by Crippen LogP contribution is -2.49. The van der Waals surface area contributed by atoms with Gasteiger partial charge in [-0.3, -0.25) is 4.79 Å². The smallest absolute Gasteiger partial charge is 0.228 e. The van der Waals surface area contributed by atoms with Crippen molar-refractivity contribution in [2.45, 2.75) is 32.2 Å². The number of piperidine rings is 1. The predicted octanol–water partition coefficient (Wildman–Crippen LogP) is 2.16. The monoisotopic (exact) mass is 404 g/mol. The molecule has 0 aliphatic carbocycles. The highest BCUT2D eigenvalue weighted by atomic mass is 35.5. The molecule has 1 aromatic heterocycles. The summed E-state index contributed by atoms with van der Waals surface area (Å²) in [4.78, 5) is 19.6. The van der Waals surface area contributed by atoms with E-state index in [0.29, 0.717) is 13.2 Å². The van der Waals surface area contributed by atoms with Gasteiger partial charge in [-0.2, -0.15) is 0 Å². The van der Waals surface area contributed by atoms with E-state index in [2.05, 4.69) is 32.7 Å². The van der Waals surface area contributed by atoms with Crippen LogP contribution in [0.25, 0.3) is 0 Å². The minimum atomic E-state index is -0.400. The molecule has 2 aliphatic heterocycles. The fraction of sp³-hybridized carbons (Fsp3) is 0.667. The molecule has 0 unspecified atom stereocenters. The lowest BCUT2D eigenvalue weighted by molar-refractivity contribution is -0.136. The first-order valence-corrected chi connectivity index (χ1v) is 8.91. The van der Waals surface area contributed by atoms with E-state index in [4.69, 9.17) is 4.74 Å². The zero-order valence-corrected chi connectivity index (χ0v) is 17.0. The maximum atomic E-state index is 12.7. The Morgan fingerprint density at radius 3 is 2.54 bits per heavy atom. The summed E-state index contributed by atoms with van der Waals surface area (Å²) in [5.41, 5.74) is 0.635. The Labute approximate surface area is 168 Å². The second-order valence-electron chi connectivity index (χ2n) is 6.86. The van der Waals surface area contributed by atoms with Gasteiger partial charge in [0.15, 0.2) is 0 Å². The summed E-state index contributed by atoms with van der Waals surface area (Å²) in [5.74, 6) is 1.13. The van der Waals surface area contributed by atoms with Gasteiger partial charge in [-0.1, -0.05) is 6.07 Å². The Morgan fingerprint density at radius 1 is 1.27 bits per heavy atom. The molecule has 1 amide bonds. The number of hydrogen-bond acceptors (Lipinski definition) is 5. The van der Waals surface area contributed by atoms with Gasteiger partial charge in [0.1, 0.15) is 5.82 Å². The van der Waals surface area contributed by atoms with E-state index in [9.17, 15) is 4.79 Å². The second-order valence-corrected chi connectivity index (χ2v) is 6.86. The number of hydrogen-bond donors (Lipinski definition) is 2. The van der Waals surface area contributed by atoms with Gasteiger partial charge in [0.05, 0.1) is 12.0 Å². The Kier molecular flexibility index (Phi) is 9.64. The number of pyridine rings is 1. The quantitative estimate of drug-likeness (QED) is 0.760. The largest absolute Gasteiger partial charge is 0.384 e. The van der Waals surface area contributed by atoms with E-state index in [1.54, 1.807) is 7.11 Å². The SMILES string of the molecule is COCC1(C(=O)NCc2ccc(N3CCCC3)nc2)CCNCC1.Cl.Cl. The molecule has 0 atom stereocenters. The second kappa shape index (κ2) is 10.9. The van der Waals surface area contributed by atoms with Gasteiger partial charge >= 0.3 is 0 Å². The number of nitrogens with zero attached hydrogens (tertiary/aromatic N) is 2. The molecule has 6 nitrogen and oxygen atoms in total. The van der Waals surface area contributed by atoms with Crippen LogP contribution in [0.4, 0.5) is 5.82 Å². The average molecular weight is 405 g/mol. The van der Waals surface area contributed by atoms with Gasteiger partial charge in [0.25, 0.3) is 0 Å². The van der Waals surface area contributed by atoms with E-state index >= 15 is 0 Å². The zero-order chi connectivity index (χ0) is 16.8. The summed E-state index contributed by atoms with van der Waals surface area (Å²) in [6.07, 6.45) is 6.00. The van der Waals surface area contributed by atoms with Crippen LogP contribution in [-0.4, -0.2) is 50.8 Å². The van der Waals surface area contributed by atoms with Crippen LogP contribution in [0.3, 0.4) is 0 Å². The number of rotatable bonds is 6. The number of carbonyl (C=O) groups excluding carboxylic acids is 1. The van der Waals surface area contributed by atoms with Crippen LogP contribution >= 0.6 is 24.8 Å². The Balaban J connectivity index is 0.00000169. The fourth-order valence-corrected chi connectivity index (χ4v) is 3.64. The van der Waals surface area contributed by atoms with Crippen molar-refractivity contribution in [2.75, 3.05) is 44.8 Å². The van der Waals surface area contributed by atoms with Crippen molar-refractivity contribution in [3.05, 3.63) is 23.9 Å². The van der Waals surface area contributed by atoms with Crippen LogP contribution in [0, 0.1) is 5.41 Å². The van der Waals surface area contributed by atoms with E-state index in [1.165, 1.54) is 12.8 Å². The molecule has 0 aromatic carbocycles. The molecule has 26 heavy (non-hydrogen) atoms. The van der Waals surface area contributed by atoms with Crippen LogP contribution in [0.15, 0.2) is 18.3 Å². The summed E-state index contributed by atoms with van der Waals surface area (Å²) in [5, 5.41) is 6.39. The van der Waals surface area contributed by atoms with Crippen molar-refractivity contribution in [3.8, 4) is 0 Å². The maximum Gasteiger partial charge on any atom is 0.228 e. The molecule has 0 radical (unpaired) electrons. The number of carbonyl (C=O) groups is 1. The third-order valence-electron chi connectivity index (χ3n) is 5.16. The average Bonchev–Trinajstić information content (AvgIpc) is 3.16. The van der Waals surface area contributed by atoms with Gasteiger partial charge in [-0.25, -0.2) is 4.98 Å². The zero-order valence-electron chi connectivity index (χ0n) is 15.3. The summed E-state index contributed by atoms with van der Waals surface area (Å²) in [7, 11) is 1.66. The number of amides is 1. The van der Waals surface area contributed by atoms with Crippen molar-refractivity contribution in [3.63, 3.8) is 0 Å². The summed E-state index contributed by atoms with van der Waals surface area (Å²) in [6.45, 7) is 4.91. The number of ether oxygens (including phenoxy) is 1. The number of nitrogens with one attached hydrogen (secondary N) is 2. The maximum absolute atomic E-state index is 12.7. The highest BCUT2D eigenvalue weighted by Gasteiger charge is 2.39. The summed E-state index contributed by atoms with van der Waals surface area (Å²) in [6, 6.07) is 4.12. The third-order valence-corrected chi connectivity index (χ3v) is 5.16. The highest BCUT2D eigenvalue weighted by Crippen LogP contribution is 2.29. The predicted molar refractivity (Wildman–Crippen MR) is 108 cm³/mol. The Morgan fingerprint density at radius 2 is 1.96 bits per heavy atom. The highest BCUT2D eigenvalue weighted by molar-refractivity contribution is 5.85. The van der Waals surface area contributed by atoms with Gasteiger partial charge in [0.2, 0.25) is 5.91 Å². The molecule has 2 N–H and O–H groups in total. The number of methoxy groups -OCH3 is 1. The van der Waals surface area contributed by atoms with Crippen LogP contribution in [0.5, 0.6) is 0 Å². The standard InChI is InChI=1S/C18H28N4O2.2ClH/c1-24-14-18(6-8-19-9-7-18)17(23)21-13-15-4-5-16(20-12-15)22-10-2-3-11-22;;/h4-5,12,19H,2-3,6-11,13-14H2,1H3,(H,21,23);2*1H.